The molecule has 0 fully saturated rings. The Balaban J connectivity index is 1.96. The van der Waals surface area contributed by atoms with E-state index in [1.54, 1.807) is 6.20 Å². The molecule has 3 rings (SSSR count). The van der Waals surface area contributed by atoms with Crippen molar-refractivity contribution in [3.05, 3.63) is 53.1 Å². The first-order valence-corrected chi connectivity index (χ1v) is 6.53. The van der Waals surface area contributed by atoms with E-state index in [-0.39, 0.29) is 19.9 Å². The van der Waals surface area contributed by atoms with E-state index in [0.717, 1.165) is 10.9 Å². The minimum Gasteiger partial charge on any atom is -0.437 e. The van der Waals surface area contributed by atoms with Crippen molar-refractivity contribution in [3.63, 3.8) is 0 Å². The monoisotopic (exact) mass is 286 g/mol. The molecule has 0 saturated carbocycles. The largest absolute Gasteiger partial charge is 0.437 e. The van der Waals surface area contributed by atoms with Crippen LogP contribution < -0.4 is 5.69 Å². The van der Waals surface area contributed by atoms with Crippen molar-refractivity contribution in [2.24, 2.45) is 0 Å². The lowest BCUT2D eigenvalue weighted by Gasteiger charge is -2.04. The molecule has 0 aliphatic rings. The normalized spacial score (nSPS) is 11.1. The zero-order chi connectivity index (χ0) is 14.7. The Labute approximate surface area is 120 Å². The van der Waals surface area contributed by atoms with Gasteiger partial charge in [0.05, 0.1) is 18.6 Å². The van der Waals surface area contributed by atoms with E-state index in [9.17, 15) is 4.79 Å². The van der Waals surface area contributed by atoms with Gasteiger partial charge in [-0.15, -0.1) is 0 Å². The van der Waals surface area contributed by atoms with Crippen molar-refractivity contribution in [1.82, 2.24) is 9.55 Å². The van der Waals surface area contributed by atoms with Gasteiger partial charge in [-0.05, 0) is 6.07 Å². The van der Waals surface area contributed by atoms with Gasteiger partial charge in [0.2, 0.25) is 5.71 Å². The summed E-state index contributed by atoms with van der Waals surface area (Å²) in [4.78, 5) is 15.7. The molecule has 6 nitrogen and oxygen atoms in total. The van der Waals surface area contributed by atoms with E-state index in [0.29, 0.717) is 11.5 Å². The van der Waals surface area contributed by atoms with E-state index in [4.69, 9.17) is 14.3 Å². The summed E-state index contributed by atoms with van der Waals surface area (Å²) in [5.41, 5.74) is 0.776. The van der Waals surface area contributed by atoms with Crippen LogP contribution in [0.2, 0.25) is 0 Å². The molecule has 0 saturated heterocycles. The number of fused-ring (bicyclic) bond motifs is 1. The number of rotatable bonds is 5. The van der Waals surface area contributed by atoms with E-state index in [2.05, 4.69) is 4.98 Å². The molecular formula is C15H14N2O4. The maximum atomic E-state index is 11.8. The van der Waals surface area contributed by atoms with Gasteiger partial charge in [0, 0.05) is 11.8 Å². The summed E-state index contributed by atoms with van der Waals surface area (Å²) in [6.07, 6.45) is 1.64. The van der Waals surface area contributed by atoms with Gasteiger partial charge in [0.1, 0.15) is 12.5 Å². The number of aliphatic hydroxyl groups is 1. The highest BCUT2D eigenvalue weighted by Crippen LogP contribution is 2.25. The average Bonchev–Trinajstić information content (AvgIpc) is 2.91. The number of nitrogens with zero attached hydrogens (tertiary/aromatic N) is 2. The summed E-state index contributed by atoms with van der Waals surface area (Å²) in [5, 5.41) is 9.39. The maximum absolute atomic E-state index is 11.8. The third-order valence-corrected chi connectivity index (χ3v) is 3.00. The molecular weight excluding hydrogens is 272 g/mol. The van der Waals surface area contributed by atoms with E-state index in [1.165, 1.54) is 4.57 Å². The number of benzene rings is 1. The average molecular weight is 286 g/mol. The standard InChI is InChI=1S/C15H14N2O4/c18-6-7-20-10-17-9-12-8-13(11-4-2-1-3-5-11)21-14(12)16-15(17)19/h1-5,8-9,18H,6-7,10H2. The number of hydrogen-bond acceptors (Lipinski definition) is 5. The summed E-state index contributed by atoms with van der Waals surface area (Å²) in [7, 11) is 0. The van der Waals surface area contributed by atoms with Gasteiger partial charge < -0.3 is 14.3 Å². The molecule has 0 aliphatic carbocycles. The van der Waals surface area contributed by atoms with Crippen LogP contribution in [0.4, 0.5) is 0 Å². The van der Waals surface area contributed by atoms with Crippen molar-refractivity contribution >= 4 is 11.1 Å². The Bertz CT molecular complexity index is 792. The lowest BCUT2D eigenvalue weighted by Crippen LogP contribution is -2.23. The Morgan fingerprint density at radius 2 is 2.10 bits per heavy atom. The van der Waals surface area contributed by atoms with Gasteiger partial charge in [-0.25, -0.2) is 4.79 Å². The van der Waals surface area contributed by atoms with Crippen LogP contribution in [0.15, 0.2) is 51.8 Å². The molecule has 1 aromatic carbocycles. The maximum Gasteiger partial charge on any atom is 0.352 e. The molecule has 0 spiro atoms. The first-order chi connectivity index (χ1) is 10.3. The van der Waals surface area contributed by atoms with Crippen LogP contribution >= 0.6 is 0 Å². The number of furan rings is 1. The molecule has 3 aromatic rings. The predicted molar refractivity (Wildman–Crippen MR) is 76.7 cm³/mol. The van der Waals surface area contributed by atoms with Gasteiger partial charge in [-0.2, -0.15) is 4.98 Å². The first-order valence-electron chi connectivity index (χ1n) is 6.53. The third kappa shape index (κ3) is 2.86. The molecule has 0 bridgehead atoms. The summed E-state index contributed by atoms with van der Waals surface area (Å²) in [5.74, 6) is 0.659. The minimum atomic E-state index is -0.450. The van der Waals surface area contributed by atoms with Gasteiger partial charge >= 0.3 is 5.69 Å². The fourth-order valence-electron chi connectivity index (χ4n) is 2.01. The van der Waals surface area contributed by atoms with E-state index < -0.39 is 5.69 Å². The van der Waals surface area contributed by atoms with Gasteiger partial charge in [-0.3, -0.25) is 4.57 Å². The first kappa shape index (κ1) is 13.5. The van der Waals surface area contributed by atoms with Gasteiger partial charge in [0.15, 0.2) is 0 Å². The Hall–Kier alpha value is -2.44. The van der Waals surface area contributed by atoms with Gasteiger partial charge in [-0.1, -0.05) is 30.3 Å². The molecule has 0 aliphatic heterocycles. The molecule has 2 heterocycles. The number of aromatic nitrogens is 2. The van der Waals surface area contributed by atoms with Crippen LogP contribution in [0, 0.1) is 0 Å². The molecule has 6 heteroatoms. The minimum absolute atomic E-state index is 0.0498. The Morgan fingerprint density at radius 1 is 1.29 bits per heavy atom. The highest BCUT2D eigenvalue weighted by molar-refractivity contribution is 5.78. The Kier molecular flexibility index (Phi) is 3.81. The molecule has 0 unspecified atom stereocenters. The second-order valence-corrected chi connectivity index (χ2v) is 4.49. The van der Waals surface area contributed by atoms with E-state index in [1.807, 2.05) is 36.4 Å². The zero-order valence-electron chi connectivity index (χ0n) is 11.2. The molecule has 21 heavy (non-hydrogen) atoms. The second-order valence-electron chi connectivity index (χ2n) is 4.49. The number of ether oxygens (including phenoxy) is 1. The SMILES string of the molecule is O=c1nc2oc(-c3ccccc3)cc2cn1COCCO. The van der Waals surface area contributed by atoms with Crippen molar-refractivity contribution in [3.8, 4) is 11.3 Å². The van der Waals surface area contributed by atoms with Gasteiger partial charge in [0.25, 0.3) is 0 Å². The lowest BCUT2D eigenvalue weighted by molar-refractivity contribution is 0.0460. The molecule has 0 radical (unpaired) electrons. The number of aliphatic hydroxyl groups excluding tert-OH is 1. The van der Waals surface area contributed by atoms with Crippen LogP contribution in [0.5, 0.6) is 0 Å². The Morgan fingerprint density at radius 3 is 2.86 bits per heavy atom. The highest BCUT2D eigenvalue weighted by Gasteiger charge is 2.09. The fourth-order valence-corrected chi connectivity index (χ4v) is 2.01. The van der Waals surface area contributed by atoms with Crippen molar-refractivity contribution < 1.29 is 14.3 Å². The van der Waals surface area contributed by atoms with Crippen LogP contribution in [0.25, 0.3) is 22.4 Å². The number of hydrogen-bond donors (Lipinski definition) is 1. The third-order valence-electron chi connectivity index (χ3n) is 3.00. The van der Waals surface area contributed by atoms with Crippen molar-refractivity contribution in [2.45, 2.75) is 6.73 Å². The van der Waals surface area contributed by atoms with E-state index >= 15 is 0 Å². The van der Waals surface area contributed by atoms with Crippen LogP contribution in [0.3, 0.4) is 0 Å². The topological polar surface area (TPSA) is 77.5 Å². The smallest absolute Gasteiger partial charge is 0.352 e. The molecule has 0 amide bonds. The fraction of sp³-hybridized carbons (Fsp3) is 0.200. The zero-order valence-corrected chi connectivity index (χ0v) is 11.2. The lowest BCUT2D eigenvalue weighted by atomic mass is 10.2. The van der Waals surface area contributed by atoms with Crippen LogP contribution in [-0.4, -0.2) is 27.9 Å². The summed E-state index contributed by atoms with van der Waals surface area (Å²) < 4.78 is 12.1. The quantitative estimate of drug-likeness (QED) is 0.721. The highest BCUT2D eigenvalue weighted by atomic mass is 16.5. The van der Waals surface area contributed by atoms with Crippen LogP contribution in [-0.2, 0) is 11.5 Å². The molecule has 2 aromatic heterocycles. The predicted octanol–water partition coefficient (Wildman–Crippen LogP) is 1.62. The second kappa shape index (κ2) is 5.90. The molecule has 108 valence electrons. The van der Waals surface area contributed by atoms with Crippen molar-refractivity contribution in [2.75, 3.05) is 13.2 Å². The molecule has 0 atom stereocenters. The summed E-state index contributed by atoms with van der Waals surface area (Å²) >= 11 is 0. The molecule has 1 N–H and O–H groups in total. The van der Waals surface area contributed by atoms with Crippen LogP contribution in [0.1, 0.15) is 0 Å². The van der Waals surface area contributed by atoms with Crippen molar-refractivity contribution in [1.29, 1.82) is 0 Å². The summed E-state index contributed by atoms with van der Waals surface area (Å²) in [6, 6.07) is 11.4. The summed E-state index contributed by atoms with van der Waals surface area (Å²) in [6.45, 7) is 0.133.